The van der Waals surface area contributed by atoms with Crippen LogP contribution >= 0.6 is 0 Å². The van der Waals surface area contributed by atoms with Gasteiger partial charge in [0.1, 0.15) is 0 Å². The maximum atomic E-state index is 12.9. The Balaban J connectivity index is 1.45. The van der Waals surface area contributed by atoms with Crippen LogP contribution in [0, 0.1) is 11.8 Å². The molecule has 0 aliphatic carbocycles. The summed E-state index contributed by atoms with van der Waals surface area (Å²) in [6.45, 7) is 3.92. The number of likely N-dealkylation sites (tertiary alicyclic amines) is 1. The zero-order valence-corrected chi connectivity index (χ0v) is 16.2. The number of hydrogen-bond acceptors (Lipinski definition) is 5. The molecule has 1 aromatic carbocycles. The normalized spacial score (nSPS) is 19.2. The minimum absolute atomic E-state index is 0.127. The van der Waals surface area contributed by atoms with Gasteiger partial charge in [0.2, 0.25) is 5.91 Å². The molecule has 27 heavy (non-hydrogen) atoms. The van der Waals surface area contributed by atoms with Gasteiger partial charge in [-0.05, 0) is 49.3 Å². The maximum absolute atomic E-state index is 12.9. The second-order valence-corrected chi connectivity index (χ2v) is 7.68. The van der Waals surface area contributed by atoms with Crippen molar-refractivity contribution in [1.82, 2.24) is 4.90 Å². The molecule has 2 fully saturated rings. The lowest BCUT2D eigenvalue weighted by Gasteiger charge is -2.38. The molecule has 6 heteroatoms. The Kier molecular flexibility index (Phi) is 6.72. The molecule has 0 bridgehead atoms. The van der Waals surface area contributed by atoms with Gasteiger partial charge < -0.3 is 20.3 Å². The quantitative estimate of drug-likeness (QED) is 0.801. The van der Waals surface area contributed by atoms with E-state index in [0.29, 0.717) is 24.8 Å². The number of carbonyl (C=O) groups is 2. The van der Waals surface area contributed by atoms with Gasteiger partial charge in [-0.2, -0.15) is 0 Å². The van der Waals surface area contributed by atoms with Gasteiger partial charge in [0.25, 0.3) is 0 Å². The zero-order valence-electron chi connectivity index (χ0n) is 16.2. The van der Waals surface area contributed by atoms with Crippen molar-refractivity contribution in [3.63, 3.8) is 0 Å². The molecule has 1 aromatic rings. The van der Waals surface area contributed by atoms with E-state index in [2.05, 4.69) is 29.2 Å². The number of hydrogen-bond donors (Lipinski definition) is 1. The second kappa shape index (κ2) is 9.22. The summed E-state index contributed by atoms with van der Waals surface area (Å²) in [5, 5.41) is 0. The number of amides is 1. The third-order valence-electron chi connectivity index (χ3n) is 5.99. The highest BCUT2D eigenvalue weighted by atomic mass is 16.5. The summed E-state index contributed by atoms with van der Waals surface area (Å²) in [5.41, 5.74) is 8.01. The number of esters is 1. The molecule has 0 saturated carbocycles. The number of methoxy groups -OCH3 is 1. The van der Waals surface area contributed by atoms with E-state index in [1.807, 2.05) is 4.90 Å². The van der Waals surface area contributed by atoms with E-state index >= 15 is 0 Å². The fraction of sp³-hybridized carbons (Fsp3) is 0.619. The van der Waals surface area contributed by atoms with E-state index in [4.69, 9.17) is 10.5 Å². The minimum atomic E-state index is -0.147. The first-order valence-electron chi connectivity index (χ1n) is 10.00. The van der Waals surface area contributed by atoms with Crippen molar-refractivity contribution in [3.05, 3.63) is 29.8 Å². The molecule has 1 amide bonds. The topological polar surface area (TPSA) is 75.9 Å². The summed E-state index contributed by atoms with van der Waals surface area (Å²) >= 11 is 0. The van der Waals surface area contributed by atoms with Crippen molar-refractivity contribution < 1.29 is 14.3 Å². The Morgan fingerprint density at radius 1 is 1.04 bits per heavy atom. The fourth-order valence-electron chi connectivity index (χ4n) is 4.16. The molecule has 0 atom stereocenters. The lowest BCUT2D eigenvalue weighted by Crippen LogP contribution is -2.45. The second-order valence-electron chi connectivity index (χ2n) is 7.68. The van der Waals surface area contributed by atoms with Crippen LogP contribution in [-0.2, 0) is 20.9 Å². The zero-order chi connectivity index (χ0) is 19.2. The van der Waals surface area contributed by atoms with Crippen LogP contribution in [0.2, 0.25) is 0 Å². The predicted molar refractivity (Wildman–Crippen MR) is 105 cm³/mol. The third-order valence-corrected chi connectivity index (χ3v) is 5.99. The van der Waals surface area contributed by atoms with Crippen molar-refractivity contribution >= 4 is 17.6 Å². The summed E-state index contributed by atoms with van der Waals surface area (Å²) < 4.78 is 4.75. The van der Waals surface area contributed by atoms with E-state index < -0.39 is 0 Å². The summed E-state index contributed by atoms with van der Waals surface area (Å²) in [5.74, 6) is 0.623. The van der Waals surface area contributed by atoms with Crippen molar-refractivity contribution in [2.75, 3.05) is 38.2 Å². The molecule has 2 N–H and O–H groups in total. The van der Waals surface area contributed by atoms with E-state index in [9.17, 15) is 9.59 Å². The van der Waals surface area contributed by atoms with Crippen LogP contribution < -0.4 is 10.6 Å². The first-order chi connectivity index (χ1) is 13.1. The van der Waals surface area contributed by atoms with Crippen LogP contribution in [0.25, 0.3) is 0 Å². The lowest BCUT2D eigenvalue weighted by atomic mass is 9.90. The smallest absolute Gasteiger partial charge is 0.305 e. The Morgan fingerprint density at radius 3 is 2.22 bits per heavy atom. The molecule has 3 rings (SSSR count). The van der Waals surface area contributed by atoms with Crippen LogP contribution in [0.4, 0.5) is 5.69 Å². The molecule has 6 nitrogen and oxygen atoms in total. The van der Waals surface area contributed by atoms with E-state index in [0.717, 1.165) is 57.4 Å². The summed E-state index contributed by atoms with van der Waals surface area (Å²) in [6, 6.07) is 8.39. The van der Waals surface area contributed by atoms with Gasteiger partial charge >= 0.3 is 5.97 Å². The van der Waals surface area contributed by atoms with Crippen LogP contribution in [0.3, 0.4) is 0 Å². The molecule has 2 aliphatic rings. The highest BCUT2D eigenvalue weighted by Gasteiger charge is 2.31. The van der Waals surface area contributed by atoms with E-state index in [1.54, 1.807) is 0 Å². The van der Waals surface area contributed by atoms with Gasteiger partial charge in [0.05, 0.1) is 7.11 Å². The van der Waals surface area contributed by atoms with E-state index in [1.165, 1.54) is 12.8 Å². The van der Waals surface area contributed by atoms with Gasteiger partial charge in [-0.3, -0.25) is 9.59 Å². The number of nitrogens with two attached hydrogens (primary N) is 1. The van der Waals surface area contributed by atoms with Crippen molar-refractivity contribution in [2.24, 2.45) is 17.6 Å². The third kappa shape index (κ3) is 5.01. The molecule has 2 heterocycles. The molecular weight excluding hydrogens is 342 g/mol. The Bertz CT molecular complexity index is 631. The molecular formula is C21H31N3O3. The first kappa shape index (κ1) is 19.7. The number of piperidine rings is 2. The number of benzene rings is 1. The van der Waals surface area contributed by atoms with Crippen LogP contribution in [0.5, 0.6) is 0 Å². The van der Waals surface area contributed by atoms with Gasteiger partial charge in [0, 0.05) is 50.7 Å². The van der Waals surface area contributed by atoms with Crippen LogP contribution in [0.15, 0.2) is 24.3 Å². The Hall–Kier alpha value is -2.08. The Labute approximate surface area is 161 Å². The molecule has 2 saturated heterocycles. The number of carbonyl (C=O) groups excluding carboxylic acids is 2. The molecule has 0 radical (unpaired) electrons. The minimum Gasteiger partial charge on any atom is -0.469 e. The van der Waals surface area contributed by atoms with Crippen LogP contribution in [0.1, 0.15) is 37.7 Å². The molecule has 0 unspecified atom stereocenters. The number of rotatable bonds is 5. The van der Waals surface area contributed by atoms with Gasteiger partial charge in [-0.25, -0.2) is 0 Å². The van der Waals surface area contributed by atoms with Gasteiger partial charge in [-0.15, -0.1) is 0 Å². The van der Waals surface area contributed by atoms with Crippen LogP contribution in [-0.4, -0.2) is 50.1 Å². The number of ether oxygens (including phenoxy) is 1. The highest BCUT2D eigenvalue weighted by molar-refractivity contribution is 5.79. The monoisotopic (exact) mass is 373 g/mol. The highest BCUT2D eigenvalue weighted by Crippen LogP contribution is 2.27. The summed E-state index contributed by atoms with van der Waals surface area (Å²) in [7, 11) is 1.43. The Morgan fingerprint density at radius 2 is 1.67 bits per heavy atom. The van der Waals surface area contributed by atoms with Crippen molar-refractivity contribution in [2.45, 2.75) is 38.6 Å². The number of nitrogens with zero attached hydrogens (tertiary/aromatic N) is 2. The number of anilines is 1. The summed E-state index contributed by atoms with van der Waals surface area (Å²) in [4.78, 5) is 28.6. The molecule has 148 valence electrons. The largest absolute Gasteiger partial charge is 0.469 e. The standard InChI is InChI=1S/C21H31N3O3/c1-27-20(25)14-16-6-10-24(11-7-16)21(26)18-8-12-23(13-9-18)19-4-2-17(15-22)3-5-19/h2-5,16,18H,6-15,22H2,1H3. The lowest BCUT2D eigenvalue weighted by molar-refractivity contribution is -0.142. The predicted octanol–water partition coefficient (Wildman–Crippen LogP) is 2.16. The van der Waals surface area contributed by atoms with E-state index in [-0.39, 0.29) is 11.9 Å². The fourth-order valence-corrected chi connectivity index (χ4v) is 4.16. The van der Waals surface area contributed by atoms with Crippen molar-refractivity contribution in [3.8, 4) is 0 Å². The first-order valence-corrected chi connectivity index (χ1v) is 10.00. The van der Waals surface area contributed by atoms with Gasteiger partial charge in [0.15, 0.2) is 0 Å². The average Bonchev–Trinajstić information content (AvgIpc) is 2.74. The average molecular weight is 373 g/mol. The SMILES string of the molecule is COC(=O)CC1CCN(C(=O)C2CCN(c3ccc(CN)cc3)CC2)CC1. The maximum Gasteiger partial charge on any atom is 0.305 e. The molecule has 2 aliphatic heterocycles. The summed E-state index contributed by atoms with van der Waals surface area (Å²) in [6.07, 6.45) is 4.07. The van der Waals surface area contributed by atoms with Crippen molar-refractivity contribution in [1.29, 1.82) is 0 Å². The molecule has 0 spiro atoms. The van der Waals surface area contributed by atoms with Gasteiger partial charge in [-0.1, -0.05) is 12.1 Å². The molecule has 0 aromatic heterocycles.